The van der Waals surface area contributed by atoms with Crippen LogP contribution in [0.2, 0.25) is 5.02 Å². The van der Waals surface area contributed by atoms with Gasteiger partial charge in [-0.2, -0.15) is 4.31 Å². The van der Waals surface area contributed by atoms with Crippen molar-refractivity contribution in [1.82, 2.24) is 9.21 Å². The maximum absolute atomic E-state index is 12.7. The van der Waals surface area contributed by atoms with Crippen molar-refractivity contribution in [1.29, 1.82) is 0 Å². The molecule has 0 radical (unpaired) electrons. The fourth-order valence-electron chi connectivity index (χ4n) is 3.63. The number of sulfonamides is 1. The Bertz CT molecular complexity index is 1040. The second-order valence-electron chi connectivity index (χ2n) is 7.23. The number of hydrogen-bond donors (Lipinski definition) is 0. The zero-order valence-electron chi connectivity index (χ0n) is 16.4. The van der Waals surface area contributed by atoms with E-state index >= 15 is 0 Å². The lowest BCUT2D eigenvalue weighted by atomic mass is 10.00. The second-order valence-corrected chi connectivity index (χ2v) is 9.58. The first-order chi connectivity index (χ1) is 14.4. The average molecular weight is 451 g/mol. The molecule has 9 heteroatoms. The maximum atomic E-state index is 12.7. The van der Waals surface area contributed by atoms with Gasteiger partial charge in [0.25, 0.3) is 5.91 Å². The summed E-state index contributed by atoms with van der Waals surface area (Å²) in [6.07, 6.45) is 0.816. The molecular weight excluding hydrogens is 428 g/mol. The first-order valence-corrected chi connectivity index (χ1v) is 11.6. The van der Waals surface area contributed by atoms with Gasteiger partial charge >= 0.3 is 0 Å². The van der Waals surface area contributed by atoms with Crippen molar-refractivity contribution in [2.24, 2.45) is 0 Å². The molecule has 1 saturated heterocycles. The van der Waals surface area contributed by atoms with Crippen molar-refractivity contribution in [3.05, 3.63) is 58.6 Å². The van der Waals surface area contributed by atoms with Gasteiger partial charge in [-0.1, -0.05) is 35.9 Å². The van der Waals surface area contributed by atoms with Gasteiger partial charge in [0.05, 0.1) is 23.1 Å². The normalized spacial score (nSPS) is 17.4. The highest BCUT2D eigenvalue weighted by Gasteiger charge is 2.27. The van der Waals surface area contributed by atoms with E-state index in [1.54, 1.807) is 4.90 Å². The van der Waals surface area contributed by atoms with Gasteiger partial charge in [0.1, 0.15) is 5.75 Å². The monoisotopic (exact) mass is 450 g/mol. The second kappa shape index (κ2) is 8.93. The molecule has 0 aliphatic carbocycles. The maximum Gasteiger partial charge on any atom is 0.260 e. The molecule has 2 aliphatic rings. The van der Waals surface area contributed by atoms with E-state index < -0.39 is 10.0 Å². The van der Waals surface area contributed by atoms with E-state index in [-0.39, 0.29) is 28.2 Å². The first kappa shape index (κ1) is 21.1. The zero-order valence-corrected chi connectivity index (χ0v) is 18.0. The third-order valence-corrected chi connectivity index (χ3v) is 7.54. The van der Waals surface area contributed by atoms with Crippen LogP contribution in [-0.4, -0.2) is 63.0 Å². The van der Waals surface area contributed by atoms with Crippen LogP contribution in [0.4, 0.5) is 0 Å². The molecule has 0 atom stereocenters. The number of carbonyl (C=O) groups excluding carboxylic acids is 1. The van der Waals surface area contributed by atoms with Crippen LogP contribution < -0.4 is 4.74 Å². The van der Waals surface area contributed by atoms with E-state index in [4.69, 9.17) is 21.1 Å². The molecule has 1 amide bonds. The molecule has 2 aromatic rings. The fourth-order valence-corrected chi connectivity index (χ4v) is 5.37. The molecule has 0 spiro atoms. The summed E-state index contributed by atoms with van der Waals surface area (Å²) >= 11 is 6.25. The number of fused-ring (bicyclic) bond motifs is 1. The van der Waals surface area contributed by atoms with Crippen molar-refractivity contribution in [2.45, 2.75) is 17.9 Å². The van der Waals surface area contributed by atoms with E-state index in [1.807, 2.05) is 18.2 Å². The summed E-state index contributed by atoms with van der Waals surface area (Å²) in [5, 5.41) is 0.154. The minimum atomic E-state index is -3.64. The van der Waals surface area contributed by atoms with Crippen molar-refractivity contribution in [3.8, 4) is 5.75 Å². The van der Waals surface area contributed by atoms with Crippen LogP contribution in [0.3, 0.4) is 0 Å². The third-order valence-electron chi connectivity index (χ3n) is 5.35. The number of nitrogens with zero attached hydrogens (tertiary/aromatic N) is 2. The standard InChI is InChI=1S/C21H23ClN2O5S/c22-19-13-18(30(26,27)24-9-11-28-12-10-24)5-6-20(19)29-15-21(25)23-8-7-16-3-1-2-4-17(16)14-23/h1-6,13H,7-12,14-15H2. The molecular formula is C21H23ClN2O5S. The predicted molar refractivity (Wildman–Crippen MR) is 112 cm³/mol. The topological polar surface area (TPSA) is 76.2 Å². The minimum absolute atomic E-state index is 0.0979. The number of ether oxygens (including phenoxy) is 2. The number of halogens is 1. The van der Waals surface area contributed by atoms with Crippen molar-refractivity contribution >= 4 is 27.5 Å². The highest BCUT2D eigenvalue weighted by Crippen LogP contribution is 2.29. The molecule has 2 aromatic carbocycles. The number of carbonyl (C=O) groups is 1. The Morgan fingerprint density at radius 3 is 2.53 bits per heavy atom. The number of morpholine rings is 1. The first-order valence-electron chi connectivity index (χ1n) is 9.80. The molecule has 0 unspecified atom stereocenters. The lowest BCUT2D eigenvalue weighted by molar-refractivity contribution is -0.134. The molecule has 4 rings (SSSR count). The van der Waals surface area contributed by atoms with Gasteiger partial charge in [-0.15, -0.1) is 0 Å². The average Bonchev–Trinajstić information content (AvgIpc) is 2.78. The molecule has 0 N–H and O–H groups in total. The molecule has 2 aliphatic heterocycles. The Hall–Kier alpha value is -2.13. The summed E-state index contributed by atoms with van der Waals surface area (Å²) in [5.74, 6) is 0.147. The van der Waals surface area contributed by atoms with Crippen LogP contribution in [0.25, 0.3) is 0 Å². The van der Waals surface area contributed by atoms with Gasteiger partial charge in [-0.25, -0.2) is 8.42 Å². The van der Waals surface area contributed by atoms with Crippen LogP contribution in [-0.2, 0) is 32.5 Å². The van der Waals surface area contributed by atoms with Crippen LogP contribution in [0, 0.1) is 0 Å². The SMILES string of the molecule is O=C(COc1ccc(S(=O)(=O)N2CCOCC2)cc1Cl)N1CCc2ccccc2C1. The lowest BCUT2D eigenvalue weighted by Gasteiger charge is -2.29. The van der Waals surface area contributed by atoms with E-state index in [0.717, 1.165) is 12.0 Å². The van der Waals surface area contributed by atoms with Crippen LogP contribution >= 0.6 is 11.6 Å². The summed E-state index contributed by atoms with van der Waals surface area (Å²) in [6.45, 7) is 2.41. The minimum Gasteiger partial charge on any atom is -0.482 e. The molecule has 160 valence electrons. The van der Waals surface area contributed by atoms with Crippen molar-refractivity contribution < 1.29 is 22.7 Å². The highest BCUT2D eigenvalue weighted by atomic mass is 35.5. The summed E-state index contributed by atoms with van der Waals surface area (Å²) in [5.41, 5.74) is 2.41. The Morgan fingerprint density at radius 1 is 1.07 bits per heavy atom. The number of amides is 1. The van der Waals surface area contributed by atoms with E-state index in [1.165, 1.54) is 28.1 Å². The Kier molecular flexibility index (Phi) is 6.29. The van der Waals surface area contributed by atoms with E-state index in [0.29, 0.717) is 39.4 Å². The zero-order chi connectivity index (χ0) is 21.1. The molecule has 0 saturated carbocycles. The van der Waals surface area contributed by atoms with Gasteiger partial charge < -0.3 is 14.4 Å². The Labute approximate surface area is 181 Å². The van der Waals surface area contributed by atoms with E-state index in [9.17, 15) is 13.2 Å². The molecule has 1 fully saturated rings. The van der Waals surface area contributed by atoms with Gasteiger partial charge in [0, 0.05) is 26.2 Å². The summed E-state index contributed by atoms with van der Waals surface area (Å²) in [6, 6.07) is 12.4. The lowest BCUT2D eigenvalue weighted by Crippen LogP contribution is -2.40. The highest BCUT2D eigenvalue weighted by molar-refractivity contribution is 7.89. The van der Waals surface area contributed by atoms with Gasteiger partial charge in [0.2, 0.25) is 10.0 Å². The van der Waals surface area contributed by atoms with Crippen molar-refractivity contribution in [3.63, 3.8) is 0 Å². The molecule has 30 heavy (non-hydrogen) atoms. The summed E-state index contributed by atoms with van der Waals surface area (Å²) < 4.78 is 37.7. The Morgan fingerprint density at radius 2 is 1.80 bits per heavy atom. The fraction of sp³-hybridized carbons (Fsp3) is 0.381. The summed E-state index contributed by atoms with van der Waals surface area (Å²) in [4.78, 5) is 14.4. The van der Waals surface area contributed by atoms with Gasteiger partial charge in [0.15, 0.2) is 6.61 Å². The molecule has 0 aromatic heterocycles. The smallest absolute Gasteiger partial charge is 0.260 e. The number of hydrogen-bond acceptors (Lipinski definition) is 5. The largest absolute Gasteiger partial charge is 0.482 e. The molecule has 7 nitrogen and oxygen atoms in total. The number of rotatable bonds is 5. The Balaban J connectivity index is 1.39. The van der Waals surface area contributed by atoms with Crippen LogP contribution in [0.5, 0.6) is 5.75 Å². The quantitative estimate of drug-likeness (QED) is 0.698. The third kappa shape index (κ3) is 4.46. The number of benzene rings is 2. The van der Waals surface area contributed by atoms with Gasteiger partial charge in [-0.05, 0) is 35.7 Å². The molecule has 2 heterocycles. The van der Waals surface area contributed by atoms with Gasteiger partial charge in [-0.3, -0.25) is 4.79 Å². The van der Waals surface area contributed by atoms with E-state index in [2.05, 4.69) is 6.07 Å². The van der Waals surface area contributed by atoms with Crippen molar-refractivity contribution in [2.75, 3.05) is 39.5 Å². The predicted octanol–water partition coefficient (Wildman–Crippen LogP) is 2.32. The molecule has 0 bridgehead atoms. The van der Waals surface area contributed by atoms with Crippen LogP contribution in [0.15, 0.2) is 47.4 Å². The summed E-state index contributed by atoms with van der Waals surface area (Å²) in [7, 11) is -3.64. The van der Waals surface area contributed by atoms with Crippen LogP contribution in [0.1, 0.15) is 11.1 Å².